The van der Waals surface area contributed by atoms with Crippen molar-refractivity contribution in [3.8, 4) is 0 Å². The molecule has 2 rings (SSSR count). The Morgan fingerprint density at radius 1 is 0.543 bits per heavy atom. The molecule has 0 saturated carbocycles. The van der Waals surface area contributed by atoms with Crippen molar-refractivity contribution >= 4 is 0 Å². The van der Waals surface area contributed by atoms with Crippen molar-refractivity contribution in [1.29, 1.82) is 0 Å². The van der Waals surface area contributed by atoms with Gasteiger partial charge >= 0.3 is 0 Å². The van der Waals surface area contributed by atoms with Crippen LogP contribution >= 0.6 is 0 Å². The van der Waals surface area contributed by atoms with E-state index >= 15 is 0 Å². The molecule has 1 heterocycles. The van der Waals surface area contributed by atoms with Crippen molar-refractivity contribution in [1.82, 2.24) is 9.55 Å². The maximum absolute atomic E-state index is 5.12. The first-order valence-electron chi connectivity index (χ1n) is 15.4. The third-order valence-corrected chi connectivity index (χ3v) is 7.41. The second-order valence-electron chi connectivity index (χ2n) is 10.7. The molecule has 0 atom stereocenters. The number of rotatable bonds is 23. The number of aromatic nitrogens is 2. The summed E-state index contributed by atoms with van der Waals surface area (Å²) in [5.74, 6) is 1.35. The zero-order valence-corrected chi connectivity index (χ0v) is 23.4. The highest BCUT2D eigenvalue weighted by molar-refractivity contribution is 5.15. The van der Waals surface area contributed by atoms with Crippen molar-refractivity contribution < 1.29 is 0 Å². The van der Waals surface area contributed by atoms with Crippen molar-refractivity contribution in [2.24, 2.45) is 0 Å². The van der Waals surface area contributed by atoms with Gasteiger partial charge in [0.1, 0.15) is 5.82 Å². The van der Waals surface area contributed by atoms with Gasteiger partial charge in [-0.05, 0) is 37.7 Å². The van der Waals surface area contributed by atoms with Gasteiger partial charge in [0.05, 0.1) is 5.69 Å². The Balaban J connectivity index is 1.71. The van der Waals surface area contributed by atoms with Gasteiger partial charge in [0, 0.05) is 19.2 Å². The minimum absolute atomic E-state index is 1.10. The third kappa shape index (κ3) is 14.6. The average molecular weight is 481 g/mol. The number of hydrogen-bond acceptors (Lipinski definition) is 1. The fourth-order valence-corrected chi connectivity index (χ4v) is 5.15. The van der Waals surface area contributed by atoms with Gasteiger partial charge in [-0.25, -0.2) is 4.98 Å². The van der Waals surface area contributed by atoms with E-state index in [2.05, 4.69) is 54.9 Å². The molecule has 0 aliphatic heterocycles. The maximum atomic E-state index is 5.12. The zero-order chi connectivity index (χ0) is 24.8. The molecular formula is C33H56N2. The summed E-state index contributed by atoms with van der Waals surface area (Å²) in [6.45, 7) is 5.76. The molecular weight excluding hydrogens is 424 g/mol. The number of benzene rings is 1. The Kier molecular flexibility index (Phi) is 17.5. The molecule has 0 saturated heterocycles. The predicted molar refractivity (Wildman–Crippen MR) is 154 cm³/mol. The number of nitrogens with zero attached hydrogens (tertiary/aromatic N) is 2. The number of hydrogen-bond donors (Lipinski definition) is 0. The van der Waals surface area contributed by atoms with E-state index in [1.807, 2.05) is 0 Å². The molecule has 198 valence electrons. The SMILES string of the molecule is CCCCCCCCCCCCc1nc(CCCc2ccccc2)cn1CCCCCCCCC. The largest absolute Gasteiger partial charge is 0.335 e. The lowest BCUT2D eigenvalue weighted by molar-refractivity contribution is 0.528. The topological polar surface area (TPSA) is 17.8 Å². The van der Waals surface area contributed by atoms with Gasteiger partial charge in [0.15, 0.2) is 0 Å². The minimum atomic E-state index is 1.10. The normalized spacial score (nSPS) is 11.4. The van der Waals surface area contributed by atoms with Crippen molar-refractivity contribution in [2.45, 2.75) is 155 Å². The Morgan fingerprint density at radius 3 is 1.69 bits per heavy atom. The molecule has 0 aliphatic carbocycles. The van der Waals surface area contributed by atoms with Crippen LogP contribution in [-0.4, -0.2) is 9.55 Å². The van der Waals surface area contributed by atoms with Gasteiger partial charge < -0.3 is 4.57 Å². The molecule has 0 fully saturated rings. The highest BCUT2D eigenvalue weighted by atomic mass is 15.1. The van der Waals surface area contributed by atoms with Crippen LogP contribution in [0.15, 0.2) is 36.5 Å². The standard InChI is InChI=1S/C33H56N2/c1-3-5-7-9-11-12-13-14-16-21-28-33-34-32(27-23-26-31-24-19-18-20-25-31)30-35(33)29-22-17-15-10-8-6-4-2/h18-20,24-25,30H,3-17,21-23,26-29H2,1-2H3. The molecule has 2 nitrogen and oxygen atoms in total. The summed E-state index contributed by atoms with van der Waals surface area (Å²) in [5, 5.41) is 0. The first kappa shape index (κ1) is 29.7. The molecule has 0 unspecified atom stereocenters. The Morgan fingerprint density at radius 2 is 1.09 bits per heavy atom. The molecule has 0 radical (unpaired) electrons. The van der Waals surface area contributed by atoms with E-state index in [1.54, 1.807) is 0 Å². The second-order valence-corrected chi connectivity index (χ2v) is 10.7. The summed E-state index contributed by atoms with van der Waals surface area (Å²) >= 11 is 0. The summed E-state index contributed by atoms with van der Waals surface area (Å²) in [6, 6.07) is 10.9. The fraction of sp³-hybridized carbons (Fsp3) is 0.727. The van der Waals surface area contributed by atoms with Crippen molar-refractivity contribution in [3.63, 3.8) is 0 Å². The van der Waals surface area contributed by atoms with Crippen LogP contribution in [0.2, 0.25) is 0 Å². The molecule has 0 amide bonds. The lowest BCUT2D eigenvalue weighted by atomic mass is 10.1. The van der Waals surface area contributed by atoms with Gasteiger partial charge in [-0.1, -0.05) is 140 Å². The van der Waals surface area contributed by atoms with Crippen molar-refractivity contribution in [3.05, 3.63) is 53.6 Å². The molecule has 0 N–H and O–H groups in total. The highest BCUT2D eigenvalue weighted by Crippen LogP contribution is 2.16. The maximum Gasteiger partial charge on any atom is 0.108 e. The van der Waals surface area contributed by atoms with Crippen LogP contribution < -0.4 is 0 Å². The first-order valence-corrected chi connectivity index (χ1v) is 15.4. The smallest absolute Gasteiger partial charge is 0.108 e. The minimum Gasteiger partial charge on any atom is -0.335 e. The zero-order valence-electron chi connectivity index (χ0n) is 23.4. The average Bonchev–Trinajstić information content (AvgIpc) is 3.26. The predicted octanol–water partition coefficient (Wildman–Crippen LogP) is 10.3. The number of imidazole rings is 1. The molecule has 1 aromatic carbocycles. The molecule has 35 heavy (non-hydrogen) atoms. The lowest BCUT2D eigenvalue weighted by Crippen LogP contribution is -2.03. The van der Waals surface area contributed by atoms with Crippen LogP contribution in [0, 0.1) is 0 Å². The van der Waals surface area contributed by atoms with Gasteiger partial charge in [0.2, 0.25) is 0 Å². The molecule has 0 spiro atoms. The summed E-state index contributed by atoms with van der Waals surface area (Å²) in [5.41, 5.74) is 2.76. The number of unbranched alkanes of at least 4 members (excludes halogenated alkanes) is 15. The quantitative estimate of drug-likeness (QED) is 0.145. The van der Waals surface area contributed by atoms with Gasteiger partial charge in [0.25, 0.3) is 0 Å². The monoisotopic (exact) mass is 480 g/mol. The molecule has 1 aromatic heterocycles. The third-order valence-electron chi connectivity index (χ3n) is 7.41. The number of aryl methyl sites for hydroxylation is 4. The Bertz CT molecular complexity index is 718. The summed E-state index contributed by atoms with van der Waals surface area (Å²) in [7, 11) is 0. The van der Waals surface area contributed by atoms with Gasteiger partial charge in [-0.15, -0.1) is 0 Å². The van der Waals surface area contributed by atoms with E-state index in [0.717, 1.165) is 25.8 Å². The van der Waals surface area contributed by atoms with E-state index in [4.69, 9.17) is 4.98 Å². The fourth-order valence-electron chi connectivity index (χ4n) is 5.15. The summed E-state index contributed by atoms with van der Waals surface area (Å²) in [4.78, 5) is 5.12. The van der Waals surface area contributed by atoms with Crippen LogP contribution in [0.5, 0.6) is 0 Å². The van der Waals surface area contributed by atoms with Crippen LogP contribution in [-0.2, 0) is 25.8 Å². The van der Waals surface area contributed by atoms with E-state index in [1.165, 1.54) is 133 Å². The molecule has 0 aliphatic rings. The van der Waals surface area contributed by atoms with Crippen LogP contribution in [0.1, 0.15) is 147 Å². The first-order chi connectivity index (χ1) is 17.3. The molecule has 2 aromatic rings. The summed E-state index contributed by atoms with van der Waals surface area (Å²) in [6.07, 6.45) is 30.6. The lowest BCUT2D eigenvalue weighted by Gasteiger charge is -2.08. The molecule has 0 bridgehead atoms. The highest BCUT2D eigenvalue weighted by Gasteiger charge is 2.08. The Hall–Kier alpha value is -1.57. The van der Waals surface area contributed by atoms with Gasteiger partial charge in [-0.2, -0.15) is 0 Å². The van der Waals surface area contributed by atoms with E-state index in [0.29, 0.717) is 0 Å². The van der Waals surface area contributed by atoms with E-state index < -0.39 is 0 Å². The van der Waals surface area contributed by atoms with E-state index in [9.17, 15) is 0 Å². The van der Waals surface area contributed by atoms with Crippen LogP contribution in [0.3, 0.4) is 0 Å². The molecule has 2 heteroatoms. The Labute approximate surface area is 218 Å². The van der Waals surface area contributed by atoms with E-state index in [-0.39, 0.29) is 0 Å². The van der Waals surface area contributed by atoms with Crippen LogP contribution in [0.25, 0.3) is 0 Å². The van der Waals surface area contributed by atoms with Gasteiger partial charge in [-0.3, -0.25) is 0 Å². The second kappa shape index (κ2) is 20.6. The van der Waals surface area contributed by atoms with Crippen molar-refractivity contribution in [2.75, 3.05) is 0 Å². The van der Waals surface area contributed by atoms with Crippen LogP contribution in [0.4, 0.5) is 0 Å². The summed E-state index contributed by atoms with van der Waals surface area (Å²) < 4.78 is 2.51.